The number of aryl methyl sites for hydroxylation is 2. The zero-order chi connectivity index (χ0) is 13.7. The zero-order valence-electron chi connectivity index (χ0n) is 9.79. The van der Waals surface area contributed by atoms with Gasteiger partial charge in [0.25, 0.3) is 6.43 Å². The maximum Gasteiger partial charge on any atom is 0.257 e. The van der Waals surface area contributed by atoms with Gasteiger partial charge in [-0.2, -0.15) is 10.2 Å². The smallest absolute Gasteiger partial charge is 0.257 e. The van der Waals surface area contributed by atoms with Gasteiger partial charge in [-0.05, 0) is 59.0 Å². The number of halogens is 4. The number of nitrogens with zero attached hydrogens (tertiary/aromatic N) is 3. The van der Waals surface area contributed by atoms with E-state index in [1.165, 1.54) is 10.2 Å². The van der Waals surface area contributed by atoms with Crippen molar-refractivity contribution in [1.82, 2.24) is 20.0 Å². The fourth-order valence-corrected chi connectivity index (χ4v) is 1.76. The first-order valence-electron chi connectivity index (χ1n) is 5.03. The number of H-pyrrole nitrogens is 1. The highest BCUT2D eigenvalue weighted by Gasteiger charge is 2.06. The SMILES string of the molecule is Cc1cn(CC(F)F)nc1I.Cc1cn[nH]c1I. The van der Waals surface area contributed by atoms with E-state index >= 15 is 0 Å². The van der Waals surface area contributed by atoms with E-state index in [0.717, 1.165) is 13.0 Å². The van der Waals surface area contributed by atoms with Crippen molar-refractivity contribution in [3.8, 4) is 0 Å². The fourth-order valence-electron chi connectivity index (χ4n) is 1.06. The van der Waals surface area contributed by atoms with E-state index < -0.39 is 6.43 Å². The van der Waals surface area contributed by atoms with Crippen molar-refractivity contribution in [3.05, 3.63) is 30.9 Å². The van der Waals surface area contributed by atoms with Crippen molar-refractivity contribution in [2.45, 2.75) is 26.8 Å². The normalized spacial score (nSPS) is 10.4. The van der Waals surface area contributed by atoms with Crippen LogP contribution in [0, 0.1) is 21.2 Å². The van der Waals surface area contributed by atoms with E-state index in [1.54, 1.807) is 6.20 Å². The first-order chi connectivity index (χ1) is 8.40. The molecule has 2 heterocycles. The van der Waals surface area contributed by atoms with Crippen LogP contribution >= 0.6 is 45.2 Å². The van der Waals surface area contributed by atoms with E-state index in [1.807, 2.05) is 42.6 Å². The third kappa shape index (κ3) is 5.16. The van der Waals surface area contributed by atoms with Crippen LogP contribution in [0.4, 0.5) is 8.78 Å². The Morgan fingerprint density at radius 3 is 2.28 bits per heavy atom. The molecule has 0 aliphatic heterocycles. The van der Waals surface area contributed by atoms with Crippen LogP contribution in [0.25, 0.3) is 0 Å². The summed E-state index contributed by atoms with van der Waals surface area (Å²) in [4.78, 5) is 0. The van der Waals surface area contributed by atoms with Crippen LogP contribution in [0.1, 0.15) is 11.1 Å². The average Bonchev–Trinajstić information content (AvgIpc) is 2.76. The number of rotatable bonds is 2. The van der Waals surface area contributed by atoms with Gasteiger partial charge in [0, 0.05) is 17.3 Å². The number of aromatic nitrogens is 4. The van der Waals surface area contributed by atoms with Crippen LogP contribution < -0.4 is 0 Å². The fraction of sp³-hybridized carbons (Fsp3) is 0.400. The van der Waals surface area contributed by atoms with Crippen LogP contribution in [0.5, 0.6) is 0 Å². The summed E-state index contributed by atoms with van der Waals surface area (Å²) in [6, 6.07) is 0. The van der Waals surface area contributed by atoms with E-state index in [-0.39, 0.29) is 6.54 Å². The molecule has 0 aliphatic rings. The maximum absolute atomic E-state index is 11.8. The summed E-state index contributed by atoms with van der Waals surface area (Å²) in [5, 5.41) is 10.5. The number of nitrogens with one attached hydrogen (secondary N) is 1. The zero-order valence-corrected chi connectivity index (χ0v) is 14.1. The minimum Gasteiger partial charge on any atom is -0.272 e. The molecule has 0 saturated heterocycles. The van der Waals surface area contributed by atoms with Gasteiger partial charge in [0.05, 0.1) is 9.90 Å². The molecule has 0 saturated carbocycles. The monoisotopic (exact) mass is 480 g/mol. The molecule has 0 bridgehead atoms. The molecule has 2 aromatic rings. The molecule has 100 valence electrons. The Morgan fingerprint density at radius 2 is 2.00 bits per heavy atom. The first-order valence-corrected chi connectivity index (χ1v) is 7.19. The van der Waals surface area contributed by atoms with Crippen LogP contribution in [0.3, 0.4) is 0 Å². The Bertz CT molecular complexity index is 460. The summed E-state index contributed by atoms with van der Waals surface area (Å²) in [6.07, 6.45) is 1.10. The van der Waals surface area contributed by atoms with Gasteiger partial charge in [0.2, 0.25) is 0 Å². The number of hydrogen-bond donors (Lipinski definition) is 1. The highest BCUT2D eigenvalue weighted by molar-refractivity contribution is 14.1. The molecule has 0 aromatic carbocycles. The highest BCUT2D eigenvalue weighted by Crippen LogP contribution is 2.08. The Kier molecular flexibility index (Phi) is 6.46. The third-order valence-electron chi connectivity index (χ3n) is 1.98. The Balaban J connectivity index is 0.000000199. The lowest BCUT2D eigenvalue weighted by Crippen LogP contribution is -2.06. The molecule has 0 amide bonds. The van der Waals surface area contributed by atoms with E-state index in [0.29, 0.717) is 0 Å². The summed E-state index contributed by atoms with van der Waals surface area (Å²) in [5.74, 6) is 0. The standard InChI is InChI=1S/C6H7F2IN2.C4H5IN2/c1-4-2-11(3-5(7)8)10-6(4)9;1-3-2-6-7-4(3)5/h2,5H,3H2,1H3;2H,1H3,(H,6,7). The molecule has 0 fully saturated rings. The van der Waals surface area contributed by atoms with Crippen molar-refractivity contribution < 1.29 is 8.78 Å². The summed E-state index contributed by atoms with van der Waals surface area (Å²) in [5.41, 5.74) is 2.15. The van der Waals surface area contributed by atoms with E-state index in [2.05, 4.69) is 37.9 Å². The third-order valence-corrected chi connectivity index (χ3v) is 4.14. The second-order valence-corrected chi connectivity index (χ2v) is 5.68. The number of hydrogen-bond acceptors (Lipinski definition) is 2. The van der Waals surface area contributed by atoms with E-state index in [9.17, 15) is 8.78 Å². The van der Waals surface area contributed by atoms with Crippen LogP contribution in [-0.4, -0.2) is 26.4 Å². The van der Waals surface area contributed by atoms with Gasteiger partial charge in [-0.15, -0.1) is 0 Å². The van der Waals surface area contributed by atoms with Crippen molar-refractivity contribution >= 4 is 45.2 Å². The molecule has 0 radical (unpaired) electrons. The molecule has 4 nitrogen and oxygen atoms in total. The lowest BCUT2D eigenvalue weighted by atomic mass is 10.4. The topological polar surface area (TPSA) is 46.5 Å². The summed E-state index contributed by atoms with van der Waals surface area (Å²) in [7, 11) is 0. The summed E-state index contributed by atoms with van der Waals surface area (Å²) in [6.45, 7) is 3.55. The van der Waals surface area contributed by atoms with Gasteiger partial charge in [0.15, 0.2) is 0 Å². The maximum atomic E-state index is 11.8. The molecule has 0 unspecified atom stereocenters. The Morgan fingerprint density at radius 1 is 1.33 bits per heavy atom. The van der Waals surface area contributed by atoms with Crippen LogP contribution in [0.15, 0.2) is 12.4 Å². The number of alkyl halides is 2. The summed E-state index contributed by atoms with van der Waals surface area (Å²) < 4.78 is 26.8. The predicted octanol–water partition coefficient (Wildman–Crippen LogP) is 3.38. The van der Waals surface area contributed by atoms with Crippen molar-refractivity contribution in [3.63, 3.8) is 0 Å². The quantitative estimate of drug-likeness (QED) is 0.671. The molecule has 18 heavy (non-hydrogen) atoms. The van der Waals surface area contributed by atoms with Gasteiger partial charge in [-0.3, -0.25) is 9.78 Å². The second kappa shape index (κ2) is 7.36. The second-order valence-electron chi connectivity index (χ2n) is 3.58. The molecular weight excluding hydrogens is 468 g/mol. The van der Waals surface area contributed by atoms with Gasteiger partial charge in [-0.1, -0.05) is 0 Å². The van der Waals surface area contributed by atoms with Crippen LogP contribution in [0.2, 0.25) is 0 Å². The van der Waals surface area contributed by atoms with Crippen LogP contribution in [-0.2, 0) is 6.54 Å². The molecular formula is C10H12F2I2N4. The molecule has 2 aromatic heterocycles. The first kappa shape index (κ1) is 15.8. The predicted molar refractivity (Wildman–Crippen MR) is 81.7 cm³/mol. The molecule has 1 N–H and O–H groups in total. The lowest BCUT2D eigenvalue weighted by Gasteiger charge is -1.97. The summed E-state index contributed by atoms with van der Waals surface area (Å²) >= 11 is 4.22. The lowest BCUT2D eigenvalue weighted by molar-refractivity contribution is 0.121. The van der Waals surface area contributed by atoms with Crippen molar-refractivity contribution in [2.24, 2.45) is 0 Å². The van der Waals surface area contributed by atoms with Gasteiger partial charge < -0.3 is 0 Å². The Hall–Kier alpha value is -0.260. The molecule has 0 aliphatic carbocycles. The minimum atomic E-state index is -2.33. The minimum absolute atomic E-state index is 0.316. The highest BCUT2D eigenvalue weighted by atomic mass is 127. The molecule has 0 atom stereocenters. The molecule has 8 heteroatoms. The van der Waals surface area contributed by atoms with Crippen molar-refractivity contribution in [2.75, 3.05) is 0 Å². The van der Waals surface area contributed by atoms with Gasteiger partial charge in [-0.25, -0.2) is 8.78 Å². The van der Waals surface area contributed by atoms with Crippen molar-refractivity contribution in [1.29, 1.82) is 0 Å². The van der Waals surface area contributed by atoms with Gasteiger partial charge in [0.1, 0.15) is 10.2 Å². The van der Waals surface area contributed by atoms with E-state index in [4.69, 9.17) is 0 Å². The Labute approximate surface area is 131 Å². The average molecular weight is 480 g/mol. The molecule has 0 spiro atoms. The molecule has 2 rings (SSSR count). The van der Waals surface area contributed by atoms with Gasteiger partial charge >= 0.3 is 0 Å². The number of aromatic amines is 1. The largest absolute Gasteiger partial charge is 0.272 e.